The van der Waals surface area contributed by atoms with Crippen molar-refractivity contribution < 1.29 is 23.7 Å². The third-order valence-corrected chi connectivity index (χ3v) is 4.59. The highest BCUT2D eigenvalue weighted by Gasteiger charge is 2.43. The Labute approximate surface area is 153 Å². The highest BCUT2D eigenvalue weighted by atomic mass is 16.7. The zero-order chi connectivity index (χ0) is 18.6. The van der Waals surface area contributed by atoms with Gasteiger partial charge in [0.2, 0.25) is 11.5 Å². The van der Waals surface area contributed by atoms with Crippen molar-refractivity contribution >= 4 is 5.97 Å². The average molecular weight is 354 g/mol. The summed E-state index contributed by atoms with van der Waals surface area (Å²) in [6.07, 6.45) is 2.32. The molecule has 0 unspecified atom stereocenters. The number of methoxy groups -OCH3 is 3. The van der Waals surface area contributed by atoms with E-state index in [9.17, 15) is 4.79 Å². The fourth-order valence-electron chi connectivity index (χ4n) is 3.17. The van der Waals surface area contributed by atoms with E-state index in [0.29, 0.717) is 6.42 Å². The Morgan fingerprint density at radius 2 is 1.73 bits per heavy atom. The number of allylic oxidation sites excluding steroid dienone is 1. The van der Waals surface area contributed by atoms with Crippen LogP contribution in [0.25, 0.3) is 0 Å². The van der Waals surface area contributed by atoms with Crippen molar-refractivity contribution in [3.05, 3.63) is 77.6 Å². The van der Waals surface area contributed by atoms with E-state index in [-0.39, 0.29) is 11.7 Å². The van der Waals surface area contributed by atoms with Gasteiger partial charge in [0.1, 0.15) is 5.75 Å². The topological polar surface area (TPSA) is 54.0 Å². The molecule has 2 atom stereocenters. The van der Waals surface area contributed by atoms with Crippen molar-refractivity contribution in [2.45, 2.75) is 18.1 Å². The van der Waals surface area contributed by atoms with E-state index >= 15 is 0 Å². The van der Waals surface area contributed by atoms with Crippen molar-refractivity contribution in [3.63, 3.8) is 0 Å². The maximum Gasteiger partial charge on any atom is 0.373 e. The maximum absolute atomic E-state index is 12.2. The van der Waals surface area contributed by atoms with Gasteiger partial charge in [0, 0.05) is 25.0 Å². The molecular formula is C21H22O5. The van der Waals surface area contributed by atoms with Gasteiger partial charge in [-0.15, -0.1) is 0 Å². The Morgan fingerprint density at radius 3 is 2.31 bits per heavy atom. The van der Waals surface area contributed by atoms with Crippen LogP contribution in [0.5, 0.6) is 5.75 Å². The minimum Gasteiger partial charge on any atom is -0.497 e. The second kappa shape index (κ2) is 7.62. The third-order valence-electron chi connectivity index (χ3n) is 4.59. The van der Waals surface area contributed by atoms with Crippen molar-refractivity contribution in [1.82, 2.24) is 0 Å². The van der Waals surface area contributed by atoms with Gasteiger partial charge in [0.05, 0.1) is 14.2 Å². The minimum absolute atomic E-state index is 0.0545. The van der Waals surface area contributed by atoms with Gasteiger partial charge in [-0.25, -0.2) is 4.79 Å². The SMILES string of the molecule is COC(=O)C1=C[C@H](c2ccccc2)C[C@@](OC)(c2ccc(OC)cc2)O1. The van der Waals surface area contributed by atoms with Crippen LogP contribution in [0.15, 0.2) is 66.4 Å². The number of esters is 1. The first-order valence-corrected chi connectivity index (χ1v) is 8.35. The number of carbonyl (C=O) groups is 1. The Morgan fingerprint density at radius 1 is 1.04 bits per heavy atom. The second-order valence-corrected chi connectivity index (χ2v) is 6.03. The van der Waals surface area contributed by atoms with Crippen molar-refractivity contribution in [2.24, 2.45) is 0 Å². The van der Waals surface area contributed by atoms with E-state index < -0.39 is 11.8 Å². The first-order valence-electron chi connectivity index (χ1n) is 8.35. The summed E-state index contributed by atoms with van der Waals surface area (Å²) in [6.45, 7) is 0. The maximum atomic E-state index is 12.2. The first-order chi connectivity index (χ1) is 12.6. The summed E-state index contributed by atoms with van der Waals surface area (Å²) in [7, 11) is 4.52. The monoisotopic (exact) mass is 354 g/mol. The predicted molar refractivity (Wildman–Crippen MR) is 96.7 cm³/mol. The van der Waals surface area contributed by atoms with Crippen molar-refractivity contribution in [1.29, 1.82) is 0 Å². The van der Waals surface area contributed by atoms with Crippen molar-refractivity contribution in [2.75, 3.05) is 21.3 Å². The van der Waals surface area contributed by atoms with Gasteiger partial charge in [0.25, 0.3) is 0 Å². The van der Waals surface area contributed by atoms with Crippen LogP contribution in [0, 0.1) is 0 Å². The zero-order valence-corrected chi connectivity index (χ0v) is 15.1. The zero-order valence-electron chi connectivity index (χ0n) is 15.1. The molecule has 1 aliphatic rings. The first kappa shape index (κ1) is 18.0. The molecule has 0 saturated heterocycles. The summed E-state index contributed by atoms with van der Waals surface area (Å²) in [4.78, 5) is 12.2. The molecule has 0 spiro atoms. The molecule has 3 rings (SSSR count). The van der Waals surface area contributed by atoms with Crippen LogP contribution in [0.1, 0.15) is 23.5 Å². The Bertz CT molecular complexity index is 782. The number of rotatable bonds is 5. The Balaban J connectivity index is 2.04. The molecule has 2 aromatic rings. The Hall–Kier alpha value is -2.79. The van der Waals surface area contributed by atoms with Gasteiger partial charge >= 0.3 is 5.97 Å². The summed E-state index contributed by atoms with van der Waals surface area (Å²) < 4.78 is 21.9. The van der Waals surface area contributed by atoms with Crippen molar-refractivity contribution in [3.8, 4) is 5.75 Å². The fourth-order valence-corrected chi connectivity index (χ4v) is 3.17. The molecule has 1 aliphatic heterocycles. The number of ether oxygens (including phenoxy) is 4. The molecular weight excluding hydrogens is 332 g/mol. The van der Waals surface area contributed by atoms with E-state index in [1.165, 1.54) is 7.11 Å². The van der Waals surface area contributed by atoms with E-state index in [2.05, 4.69) is 0 Å². The highest BCUT2D eigenvalue weighted by Crippen LogP contribution is 2.44. The molecule has 1 heterocycles. The van der Waals surface area contributed by atoms with Crippen LogP contribution in [-0.2, 0) is 24.8 Å². The van der Waals surface area contributed by atoms with Crippen LogP contribution in [0.3, 0.4) is 0 Å². The number of hydrogen-bond acceptors (Lipinski definition) is 5. The van der Waals surface area contributed by atoms with Crippen LogP contribution in [0.2, 0.25) is 0 Å². The molecule has 136 valence electrons. The summed E-state index contributed by atoms with van der Waals surface area (Å²) in [5.41, 5.74) is 1.88. The van der Waals surface area contributed by atoms with Gasteiger partial charge in [-0.05, 0) is 35.9 Å². The molecule has 0 aliphatic carbocycles. The Kier molecular flexibility index (Phi) is 5.28. The molecule has 5 nitrogen and oxygen atoms in total. The average Bonchev–Trinajstić information content (AvgIpc) is 2.73. The summed E-state index contributed by atoms with van der Waals surface area (Å²) in [6, 6.07) is 17.4. The minimum atomic E-state index is -1.09. The molecule has 0 amide bonds. The smallest absolute Gasteiger partial charge is 0.373 e. The van der Waals surface area contributed by atoms with E-state index in [0.717, 1.165) is 16.9 Å². The number of benzene rings is 2. The standard InChI is InChI=1S/C21H22O5/c1-23-18-11-9-17(10-12-18)21(25-3)14-16(15-7-5-4-6-8-15)13-19(26-21)20(22)24-2/h4-13,16H,14H2,1-3H3/t16-,21-/m0/s1. The number of carbonyl (C=O) groups excluding carboxylic acids is 1. The van der Waals surface area contributed by atoms with Crippen LogP contribution >= 0.6 is 0 Å². The molecule has 2 aromatic carbocycles. The lowest BCUT2D eigenvalue weighted by Crippen LogP contribution is -2.38. The molecule has 0 saturated carbocycles. The van der Waals surface area contributed by atoms with E-state index in [1.54, 1.807) is 20.3 Å². The molecule has 0 bridgehead atoms. The molecule has 26 heavy (non-hydrogen) atoms. The van der Waals surface area contributed by atoms with Gasteiger partial charge in [0.15, 0.2) is 0 Å². The normalized spacial score (nSPS) is 22.1. The van der Waals surface area contributed by atoms with E-state index in [4.69, 9.17) is 18.9 Å². The predicted octanol–water partition coefficient (Wildman–Crippen LogP) is 3.76. The van der Waals surface area contributed by atoms with Gasteiger partial charge in [-0.1, -0.05) is 30.3 Å². The van der Waals surface area contributed by atoms with Gasteiger partial charge < -0.3 is 18.9 Å². The second-order valence-electron chi connectivity index (χ2n) is 6.03. The van der Waals surface area contributed by atoms with Gasteiger partial charge in [-0.3, -0.25) is 0 Å². The molecule has 5 heteroatoms. The van der Waals surface area contributed by atoms with Crippen LogP contribution < -0.4 is 4.74 Å². The molecule has 0 N–H and O–H groups in total. The summed E-state index contributed by atoms with van der Waals surface area (Å²) in [5.74, 6) is -0.795. The molecule has 0 fully saturated rings. The van der Waals surface area contributed by atoms with Gasteiger partial charge in [-0.2, -0.15) is 0 Å². The lowest BCUT2D eigenvalue weighted by Gasteiger charge is -2.39. The molecule has 0 radical (unpaired) electrons. The number of hydrogen-bond donors (Lipinski definition) is 0. The quantitative estimate of drug-likeness (QED) is 0.766. The summed E-state index contributed by atoms with van der Waals surface area (Å²) >= 11 is 0. The lowest BCUT2D eigenvalue weighted by molar-refractivity contribution is -0.225. The molecule has 0 aromatic heterocycles. The van der Waals surface area contributed by atoms with E-state index in [1.807, 2.05) is 54.6 Å². The van der Waals surface area contributed by atoms with Crippen LogP contribution in [0.4, 0.5) is 0 Å². The van der Waals surface area contributed by atoms with Crippen LogP contribution in [-0.4, -0.2) is 27.3 Å². The highest BCUT2D eigenvalue weighted by molar-refractivity contribution is 5.86. The third kappa shape index (κ3) is 3.44. The summed E-state index contributed by atoms with van der Waals surface area (Å²) in [5, 5.41) is 0. The largest absolute Gasteiger partial charge is 0.497 e. The fraction of sp³-hybridized carbons (Fsp3) is 0.286. The lowest BCUT2D eigenvalue weighted by atomic mass is 9.85.